The Bertz CT molecular complexity index is 557. The number of rotatable bonds is 3. The molecule has 0 bridgehead atoms. The molecule has 0 atom stereocenters. The first kappa shape index (κ1) is 13.9. The van der Waals surface area contributed by atoms with Gasteiger partial charge in [0.2, 0.25) is 0 Å². The van der Waals surface area contributed by atoms with E-state index in [1.807, 2.05) is 0 Å². The van der Waals surface area contributed by atoms with Gasteiger partial charge in [-0.3, -0.25) is 0 Å². The van der Waals surface area contributed by atoms with E-state index in [1.54, 1.807) is 0 Å². The van der Waals surface area contributed by atoms with E-state index in [9.17, 15) is 0 Å². The fourth-order valence-corrected chi connectivity index (χ4v) is 5.83. The lowest BCUT2D eigenvalue weighted by atomic mass is 10.0. The van der Waals surface area contributed by atoms with Crippen molar-refractivity contribution >= 4 is 29.2 Å². The summed E-state index contributed by atoms with van der Waals surface area (Å²) in [6, 6.07) is 19.9. The lowest BCUT2D eigenvalue weighted by molar-refractivity contribution is 1.07. The molecule has 1 aliphatic heterocycles. The highest BCUT2D eigenvalue weighted by molar-refractivity contribution is 8.20. The average Bonchev–Trinajstić information content (AvgIpc) is 2.99. The Morgan fingerprint density at radius 3 is 1.90 bits per heavy atom. The minimum atomic E-state index is 0.0755. The molecule has 0 aromatic heterocycles. The fraction of sp³-hybridized carbons (Fsp3) is 0.294. The van der Waals surface area contributed by atoms with Crippen LogP contribution in [0.4, 0.5) is 5.69 Å². The maximum Gasteiger partial charge on any atom is 0.111 e. The number of nitrogens with zero attached hydrogens (tertiary/aromatic N) is 1. The first-order valence-corrected chi connectivity index (χ1v) is 8.81. The normalized spacial score (nSPS) is 17.1. The molecule has 20 heavy (non-hydrogen) atoms. The molecular weight excluding hydrogens is 282 g/mol. The number of benzene rings is 2. The zero-order valence-corrected chi connectivity index (χ0v) is 13.5. The van der Waals surface area contributed by atoms with Crippen LogP contribution in [0.25, 0.3) is 0 Å². The summed E-state index contributed by atoms with van der Waals surface area (Å²) >= 11 is 4.12. The van der Waals surface area contributed by atoms with Crippen LogP contribution < -0.4 is 4.90 Å². The zero-order chi connectivity index (χ0) is 14.0. The minimum absolute atomic E-state index is 0.0755. The Morgan fingerprint density at radius 1 is 0.800 bits per heavy atom. The number of thioether (sulfide) groups is 2. The maximum absolute atomic E-state index is 2.29. The SMILES string of the molecule is CN(C)c1ccc(C2(c3ccccc3)SCCS2)cc1. The molecule has 1 fully saturated rings. The molecule has 1 aliphatic rings. The van der Waals surface area contributed by atoms with Crippen molar-refractivity contribution in [2.75, 3.05) is 30.5 Å². The molecule has 2 aromatic rings. The fourth-order valence-electron chi connectivity index (χ4n) is 2.55. The standard InChI is InChI=1S/C17H19NS2/c1-18(2)16-10-8-15(9-11-16)17(19-12-13-20-17)14-6-4-3-5-7-14/h3-11H,12-13H2,1-2H3. The second kappa shape index (κ2) is 5.74. The van der Waals surface area contributed by atoms with E-state index < -0.39 is 0 Å². The van der Waals surface area contributed by atoms with E-state index in [0.717, 1.165) is 0 Å². The van der Waals surface area contributed by atoms with E-state index in [0.29, 0.717) is 0 Å². The van der Waals surface area contributed by atoms with Crippen molar-refractivity contribution in [3.8, 4) is 0 Å². The van der Waals surface area contributed by atoms with Gasteiger partial charge in [-0.1, -0.05) is 42.5 Å². The van der Waals surface area contributed by atoms with Crippen LogP contribution in [0.2, 0.25) is 0 Å². The smallest absolute Gasteiger partial charge is 0.111 e. The molecule has 0 aliphatic carbocycles. The molecule has 104 valence electrons. The van der Waals surface area contributed by atoms with E-state index in [-0.39, 0.29) is 4.08 Å². The van der Waals surface area contributed by atoms with Crippen LogP contribution in [0.5, 0.6) is 0 Å². The summed E-state index contributed by atoms with van der Waals surface area (Å²) in [6.45, 7) is 0. The Hall–Kier alpha value is -1.06. The second-order valence-electron chi connectivity index (χ2n) is 5.12. The molecule has 0 spiro atoms. The summed E-state index contributed by atoms with van der Waals surface area (Å²) in [5.74, 6) is 2.43. The van der Waals surface area contributed by atoms with Gasteiger partial charge in [-0.05, 0) is 23.3 Å². The van der Waals surface area contributed by atoms with Gasteiger partial charge < -0.3 is 4.90 Å². The van der Waals surface area contributed by atoms with Gasteiger partial charge in [-0.15, -0.1) is 23.5 Å². The molecule has 0 radical (unpaired) electrons. The van der Waals surface area contributed by atoms with Gasteiger partial charge in [0.15, 0.2) is 0 Å². The minimum Gasteiger partial charge on any atom is -0.378 e. The molecule has 1 nitrogen and oxygen atoms in total. The lowest BCUT2D eigenvalue weighted by Crippen LogP contribution is -2.17. The highest BCUT2D eigenvalue weighted by atomic mass is 32.2. The summed E-state index contributed by atoms with van der Waals surface area (Å²) in [6.07, 6.45) is 0. The van der Waals surface area contributed by atoms with Gasteiger partial charge >= 0.3 is 0 Å². The molecule has 1 heterocycles. The predicted molar refractivity (Wildman–Crippen MR) is 92.9 cm³/mol. The molecular formula is C17H19NS2. The van der Waals surface area contributed by atoms with Crippen molar-refractivity contribution in [2.24, 2.45) is 0 Å². The van der Waals surface area contributed by atoms with Crippen molar-refractivity contribution < 1.29 is 0 Å². The topological polar surface area (TPSA) is 3.24 Å². The zero-order valence-electron chi connectivity index (χ0n) is 11.9. The van der Waals surface area contributed by atoms with Gasteiger partial charge in [0.25, 0.3) is 0 Å². The molecule has 3 heteroatoms. The summed E-state index contributed by atoms with van der Waals surface area (Å²) < 4.78 is 0.0755. The maximum atomic E-state index is 2.29. The Balaban J connectivity index is 2.03. The van der Waals surface area contributed by atoms with Gasteiger partial charge in [-0.25, -0.2) is 0 Å². The highest BCUT2D eigenvalue weighted by Crippen LogP contribution is 2.56. The third-order valence-corrected chi connectivity index (χ3v) is 7.15. The Morgan fingerprint density at radius 2 is 1.35 bits per heavy atom. The van der Waals surface area contributed by atoms with Gasteiger partial charge in [-0.2, -0.15) is 0 Å². The van der Waals surface area contributed by atoms with E-state index in [2.05, 4.69) is 97.1 Å². The first-order valence-electron chi connectivity index (χ1n) is 6.84. The van der Waals surface area contributed by atoms with Crippen LogP contribution in [0.15, 0.2) is 54.6 Å². The molecule has 2 aromatic carbocycles. The molecule has 3 rings (SSSR count). The van der Waals surface area contributed by atoms with Crippen molar-refractivity contribution in [1.29, 1.82) is 0 Å². The van der Waals surface area contributed by atoms with Crippen LogP contribution in [0.1, 0.15) is 11.1 Å². The largest absolute Gasteiger partial charge is 0.378 e. The highest BCUT2D eigenvalue weighted by Gasteiger charge is 2.39. The summed E-state index contributed by atoms with van der Waals surface area (Å²) in [5.41, 5.74) is 4.07. The van der Waals surface area contributed by atoms with Crippen LogP contribution in [0, 0.1) is 0 Å². The summed E-state index contributed by atoms with van der Waals surface area (Å²) in [5, 5.41) is 0. The van der Waals surface area contributed by atoms with E-state index >= 15 is 0 Å². The van der Waals surface area contributed by atoms with Crippen LogP contribution >= 0.6 is 23.5 Å². The van der Waals surface area contributed by atoms with Crippen LogP contribution in [-0.4, -0.2) is 25.6 Å². The summed E-state index contributed by atoms with van der Waals surface area (Å²) in [4.78, 5) is 2.15. The van der Waals surface area contributed by atoms with E-state index in [4.69, 9.17) is 0 Å². The third-order valence-electron chi connectivity index (χ3n) is 3.61. The monoisotopic (exact) mass is 301 g/mol. The molecule has 0 N–H and O–H groups in total. The Kier molecular flexibility index (Phi) is 3.99. The summed E-state index contributed by atoms with van der Waals surface area (Å²) in [7, 11) is 4.17. The molecule has 0 unspecified atom stereocenters. The second-order valence-corrected chi connectivity index (χ2v) is 8.00. The predicted octanol–water partition coefficient (Wildman–Crippen LogP) is 4.43. The van der Waals surface area contributed by atoms with Crippen molar-refractivity contribution in [3.05, 3.63) is 65.7 Å². The van der Waals surface area contributed by atoms with Crippen molar-refractivity contribution in [2.45, 2.75) is 4.08 Å². The van der Waals surface area contributed by atoms with Gasteiger partial charge in [0.1, 0.15) is 4.08 Å². The number of anilines is 1. The third kappa shape index (κ3) is 2.45. The number of hydrogen-bond donors (Lipinski definition) is 0. The number of hydrogen-bond acceptors (Lipinski definition) is 3. The molecule has 1 saturated heterocycles. The van der Waals surface area contributed by atoms with Crippen molar-refractivity contribution in [3.63, 3.8) is 0 Å². The average molecular weight is 301 g/mol. The molecule has 0 amide bonds. The quantitative estimate of drug-likeness (QED) is 0.825. The van der Waals surface area contributed by atoms with Gasteiger partial charge in [0.05, 0.1) is 0 Å². The van der Waals surface area contributed by atoms with Crippen molar-refractivity contribution in [1.82, 2.24) is 0 Å². The van der Waals surface area contributed by atoms with Crippen LogP contribution in [-0.2, 0) is 4.08 Å². The molecule has 0 saturated carbocycles. The Labute approximate surface area is 129 Å². The lowest BCUT2D eigenvalue weighted by Gasteiger charge is -2.29. The van der Waals surface area contributed by atoms with E-state index in [1.165, 1.54) is 28.3 Å². The van der Waals surface area contributed by atoms with Crippen LogP contribution in [0.3, 0.4) is 0 Å². The first-order chi connectivity index (χ1) is 9.72. The van der Waals surface area contributed by atoms with Gasteiger partial charge in [0, 0.05) is 31.3 Å².